The minimum atomic E-state index is -3.54. The summed E-state index contributed by atoms with van der Waals surface area (Å²) in [6, 6.07) is 0.331. The van der Waals surface area contributed by atoms with Gasteiger partial charge in [-0.2, -0.15) is 0 Å². The van der Waals surface area contributed by atoms with Crippen molar-refractivity contribution in [2.24, 2.45) is 0 Å². The van der Waals surface area contributed by atoms with Crippen molar-refractivity contribution < 1.29 is 22.4 Å². The molecule has 0 aromatic heterocycles. The van der Waals surface area contributed by atoms with E-state index in [0.717, 1.165) is 0 Å². The second-order valence-corrected chi connectivity index (χ2v) is 5.34. The van der Waals surface area contributed by atoms with Crippen molar-refractivity contribution in [3.05, 3.63) is 0 Å². The van der Waals surface area contributed by atoms with Crippen molar-refractivity contribution >= 4 is 8.89 Å². The smallest absolute Gasteiger partial charge is 0.374 e. The molecule has 1 unspecified atom stereocenters. The molecule has 1 fully saturated rings. The van der Waals surface area contributed by atoms with E-state index in [9.17, 15) is 4.11 Å². The Hall–Kier alpha value is -0.0131. The van der Waals surface area contributed by atoms with Gasteiger partial charge in [0, 0.05) is 33.8 Å². The van der Waals surface area contributed by atoms with E-state index < -0.39 is 14.9 Å². The molecular formula is C7H15FO4Si. The molecule has 1 aliphatic heterocycles. The third-order valence-electron chi connectivity index (χ3n) is 2.19. The van der Waals surface area contributed by atoms with E-state index in [1.54, 1.807) is 0 Å². The van der Waals surface area contributed by atoms with E-state index in [-0.39, 0.29) is 0 Å². The zero-order chi connectivity index (χ0) is 9.95. The molecule has 1 rings (SSSR count). The van der Waals surface area contributed by atoms with Gasteiger partial charge >= 0.3 is 8.89 Å². The van der Waals surface area contributed by atoms with Crippen molar-refractivity contribution in [1.29, 1.82) is 0 Å². The monoisotopic (exact) mass is 210 g/mol. The quantitative estimate of drug-likeness (QED) is 0.400. The van der Waals surface area contributed by atoms with Crippen LogP contribution >= 0.6 is 0 Å². The number of halogens is 1. The summed E-state index contributed by atoms with van der Waals surface area (Å²) in [7, 11) is 0.635. The Morgan fingerprint density at radius 1 is 1.31 bits per heavy atom. The number of rotatable bonds is 3. The first-order valence-corrected chi connectivity index (χ1v) is 6.04. The predicted molar refractivity (Wildman–Crippen MR) is 45.7 cm³/mol. The molecule has 1 saturated heterocycles. The molecule has 1 atom stereocenters. The van der Waals surface area contributed by atoms with E-state index in [2.05, 4.69) is 0 Å². The van der Waals surface area contributed by atoms with Gasteiger partial charge in [0.2, 0.25) is 0 Å². The second-order valence-electron chi connectivity index (χ2n) is 2.91. The van der Waals surface area contributed by atoms with Gasteiger partial charge in [-0.1, -0.05) is 0 Å². The highest BCUT2D eigenvalue weighted by Crippen LogP contribution is 2.35. The third kappa shape index (κ3) is 2.26. The highest BCUT2D eigenvalue weighted by atomic mass is 28.4. The molecule has 0 saturated carbocycles. The zero-order valence-corrected chi connectivity index (χ0v) is 9.13. The summed E-state index contributed by atoms with van der Waals surface area (Å²) in [5, 5.41) is 0. The Bertz CT molecular complexity index is 176. The van der Waals surface area contributed by atoms with Crippen molar-refractivity contribution in [2.45, 2.75) is 24.9 Å². The molecule has 0 N–H and O–H groups in total. The molecule has 0 spiro atoms. The first-order valence-electron chi connectivity index (χ1n) is 4.14. The summed E-state index contributed by atoms with van der Waals surface area (Å²) < 4.78 is 33.5. The molecule has 4 nitrogen and oxygen atoms in total. The van der Waals surface area contributed by atoms with Gasteiger partial charge in [-0.15, -0.1) is 0 Å². The van der Waals surface area contributed by atoms with Gasteiger partial charge in [-0.05, 0) is 6.42 Å². The average Bonchev–Trinajstić information content (AvgIpc) is 2.18. The number of hydrogen-bond donors (Lipinski definition) is 0. The zero-order valence-electron chi connectivity index (χ0n) is 8.13. The maximum atomic E-state index is 13.7. The van der Waals surface area contributed by atoms with Gasteiger partial charge in [0.05, 0.1) is 0 Å². The molecule has 0 aromatic carbocycles. The standard InChI is InChI=1S/C7H15FO4Si/c1-9-7(10-2)5-4-6-13(8,11-3)12-7/h4-6H2,1-3H3. The Balaban J connectivity index is 2.69. The summed E-state index contributed by atoms with van der Waals surface area (Å²) in [4.78, 5) is 0. The van der Waals surface area contributed by atoms with Gasteiger partial charge < -0.3 is 18.3 Å². The second kappa shape index (κ2) is 4.01. The molecule has 0 amide bonds. The van der Waals surface area contributed by atoms with Crippen LogP contribution in [0.4, 0.5) is 4.11 Å². The van der Waals surface area contributed by atoms with Crippen LogP contribution in [0.5, 0.6) is 0 Å². The maximum absolute atomic E-state index is 13.7. The predicted octanol–water partition coefficient (Wildman–Crippen LogP) is 1.30. The van der Waals surface area contributed by atoms with Gasteiger partial charge in [0.1, 0.15) is 0 Å². The van der Waals surface area contributed by atoms with Crippen LogP contribution in [0, 0.1) is 0 Å². The van der Waals surface area contributed by atoms with Crippen LogP contribution in [-0.4, -0.2) is 36.2 Å². The fourth-order valence-corrected chi connectivity index (χ4v) is 3.09. The first kappa shape index (κ1) is 11.1. The van der Waals surface area contributed by atoms with E-state index in [4.69, 9.17) is 18.3 Å². The number of ether oxygens (including phenoxy) is 2. The van der Waals surface area contributed by atoms with Crippen LogP contribution in [0.2, 0.25) is 6.04 Å². The first-order chi connectivity index (χ1) is 6.10. The molecule has 78 valence electrons. The number of hydrogen-bond acceptors (Lipinski definition) is 4. The molecule has 0 bridgehead atoms. The van der Waals surface area contributed by atoms with E-state index >= 15 is 0 Å². The summed E-state index contributed by atoms with van der Waals surface area (Å²) in [5.74, 6) is -1.24. The van der Waals surface area contributed by atoms with Crippen LogP contribution in [0.25, 0.3) is 0 Å². The Morgan fingerprint density at radius 3 is 2.38 bits per heavy atom. The van der Waals surface area contributed by atoms with E-state index in [0.29, 0.717) is 18.9 Å². The van der Waals surface area contributed by atoms with Crippen molar-refractivity contribution in [2.75, 3.05) is 21.3 Å². The Morgan fingerprint density at radius 2 is 1.92 bits per heavy atom. The summed E-state index contributed by atoms with van der Waals surface area (Å²) in [5.41, 5.74) is 0. The molecular weight excluding hydrogens is 195 g/mol. The fraction of sp³-hybridized carbons (Fsp3) is 1.00. The molecule has 6 heteroatoms. The SMILES string of the molecule is COC1(OC)CCC[Si](F)(OC)O1. The highest BCUT2D eigenvalue weighted by Gasteiger charge is 2.52. The van der Waals surface area contributed by atoms with Gasteiger partial charge in [0.25, 0.3) is 5.97 Å². The van der Waals surface area contributed by atoms with Crippen LogP contribution < -0.4 is 0 Å². The van der Waals surface area contributed by atoms with Crippen molar-refractivity contribution in [3.63, 3.8) is 0 Å². The molecule has 0 aliphatic carbocycles. The lowest BCUT2D eigenvalue weighted by Crippen LogP contribution is -2.53. The van der Waals surface area contributed by atoms with E-state index in [1.165, 1.54) is 21.3 Å². The van der Waals surface area contributed by atoms with Crippen LogP contribution in [0.15, 0.2) is 0 Å². The van der Waals surface area contributed by atoms with E-state index in [1.807, 2.05) is 0 Å². The van der Waals surface area contributed by atoms with Gasteiger partial charge in [-0.3, -0.25) is 0 Å². The topological polar surface area (TPSA) is 36.9 Å². The van der Waals surface area contributed by atoms with Gasteiger partial charge in [-0.25, -0.2) is 4.11 Å². The lowest BCUT2D eigenvalue weighted by atomic mass is 10.3. The normalized spacial score (nSPS) is 33.2. The third-order valence-corrected chi connectivity index (χ3v) is 4.37. The van der Waals surface area contributed by atoms with Crippen LogP contribution in [0.1, 0.15) is 12.8 Å². The Kier molecular flexibility index (Phi) is 3.42. The summed E-state index contributed by atoms with van der Waals surface area (Å²) in [6.45, 7) is 0. The fourth-order valence-electron chi connectivity index (χ4n) is 1.36. The van der Waals surface area contributed by atoms with Gasteiger partial charge in [0.15, 0.2) is 0 Å². The summed E-state index contributed by atoms with van der Waals surface area (Å²) in [6.07, 6.45) is 1.18. The van der Waals surface area contributed by atoms with Crippen LogP contribution in [0.3, 0.4) is 0 Å². The highest BCUT2D eigenvalue weighted by molar-refractivity contribution is 6.60. The minimum Gasteiger partial charge on any atom is -0.374 e. The Labute approximate surface area is 78.3 Å². The largest absolute Gasteiger partial charge is 0.543 e. The van der Waals surface area contributed by atoms with Crippen molar-refractivity contribution in [1.82, 2.24) is 0 Å². The molecule has 1 heterocycles. The molecule has 1 aliphatic rings. The molecule has 13 heavy (non-hydrogen) atoms. The molecule has 0 radical (unpaired) electrons. The average molecular weight is 210 g/mol. The molecule has 0 aromatic rings. The lowest BCUT2D eigenvalue weighted by molar-refractivity contribution is -0.344. The minimum absolute atomic E-state index is 0.331. The van der Waals surface area contributed by atoms with Crippen molar-refractivity contribution in [3.8, 4) is 0 Å². The maximum Gasteiger partial charge on any atom is 0.543 e. The van der Waals surface area contributed by atoms with Crippen LogP contribution in [-0.2, 0) is 18.3 Å². The number of methoxy groups -OCH3 is 2. The lowest BCUT2D eigenvalue weighted by Gasteiger charge is -2.38. The summed E-state index contributed by atoms with van der Waals surface area (Å²) >= 11 is 0.